The summed E-state index contributed by atoms with van der Waals surface area (Å²) in [5.41, 5.74) is 3.07. The highest BCUT2D eigenvalue weighted by molar-refractivity contribution is 6.21. The minimum absolute atomic E-state index is 0.216. The van der Waals surface area contributed by atoms with Gasteiger partial charge in [0.05, 0.1) is 0 Å². The van der Waals surface area contributed by atoms with Crippen LogP contribution < -0.4 is 0 Å². The highest BCUT2D eigenvalue weighted by atomic mass is 35.5. The van der Waals surface area contributed by atoms with Crippen LogP contribution in [0.4, 0.5) is 0 Å². The summed E-state index contributed by atoms with van der Waals surface area (Å²) in [5, 5.41) is 0.275. The summed E-state index contributed by atoms with van der Waals surface area (Å²) in [7, 11) is 0. The van der Waals surface area contributed by atoms with Gasteiger partial charge in [0.25, 0.3) is 0 Å². The number of benzene rings is 1. The summed E-state index contributed by atoms with van der Waals surface area (Å²) in [4.78, 5) is 0. The van der Waals surface area contributed by atoms with Crippen molar-refractivity contribution < 1.29 is 0 Å². The van der Waals surface area contributed by atoms with Gasteiger partial charge in [0.1, 0.15) is 0 Å². The maximum absolute atomic E-state index is 6.36. The third kappa shape index (κ3) is 4.17. The molecule has 0 saturated carbocycles. The van der Waals surface area contributed by atoms with Crippen LogP contribution in [0.1, 0.15) is 44.7 Å². The minimum Gasteiger partial charge on any atom is -0.122 e. The van der Waals surface area contributed by atoms with Gasteiger partial charge in [0, 0.05) is 5.38 Å². The molecule has 0 nitrogen and oxygen atoms in total. The summed E-state index contributed by atoms with van der Waals surface area (Å²) >= 11 is 6.36. The number of hydrogen-bond acceptors (Lipinski definition) is 0. The number of aryl methyl sites for hydroxylation is 2. The van der Waals surface area contributed by atoms with Gasteiger partial charge in [-0.15, -0.1) is 11.6 Å². The maximum Gasteiger partial charge on any atom is 0.0384 e. The SMILES string of the molecule is Cc1ccccc1CCCC(Cl)C(C)(C)C. The van der Waals surface area contributed by atoms with Crippen LogP contribution >= 0.6 is 11.6 Å². The van der Waals surface area contributed by atoms with Gasteiger partial charge in [0.2, 0.25) is 0 Å². The lowest BCUT2D eigenvalue weighted by Gasteiger charge is -2.25. The first-order valence-corrected chi connectivity index (χ1v) is 6.53. The van der Waals surface area contributed by atoms with E-state index in [0.29, 0.717) is 0 Å². The van der Waals surface area contributed by atoms with Crippen LogP contribution in [0.3, 0.4) is 0 Å². The molecule has 1 aromatic carbocycles. The highest BCUT2D eigenvalue weighted by Crippen LogP contribution is 2.28. The fraction of sp³-hybridized carbons (Fsp3) is 0.600. The molecule has 0 aliphatic carbocycles. The number of halogens is 1. The molecule has 0 amide bonds. The molecule has 0 aliphatic heterocycles. The molecule has 0 bridgehead atoms. The molecular formula is C15H23Cl. The third-order valence-electron chi connectivity index (χ3n) is 3.10. The zero-order valence-electron chi connectivity index (χ0n) is 10.9. The Bertz CT molecular complexity index is 322. The average Bonchev–Trinajstić information content (AvgIpc) is 2.19. The molecule has 1 atom stereocenters. The lowest BCUT2D eigenvalue weighted by atomic mass is 9.88. The van der Waals surface area contributed by atoms with Gasteiger partial charge in [-0.3, -0.25) is 0 Å². The van der Waals surface area contributed by atoms with Crippen molar-refractivity contribution in [3.05, 3.63) is 35.4 Å². The molecule has 0 heterocycles. The van der Waals surface area contributed by atoms with Crippen molar-refractivity contribution in [2.24, 2.45) is 5.41 Å². The molecule has 0 saturated heterocycles. The zero-order chi connectivity index (χ0) is 12.2. The van der Waals surface area contributed by atoms with Crippen molar-refractivity contribution in [3.63, 3.8) is 0 Å². The second kappa shape index (κ2) is 5.72. The Hall–Kier alpha value is -0.490. The van der Waals surface area contributed by atoms with Crippen LogP contribution in [0.5, 0.6) is 0 Å². The third-order valence-corrected chi connectivity index (χ3v) is 3.98. The molecule has 0 fully saturated rings. The Balaban J connectivity index is 2.40. The van der Waals surface area contributed by atoms with Crippen molar-refractivity contribution in [2.45, 2.75) is 52.3 Å². The monoisotopic (exact) mass is 238 g/mol. The van der Waals surface area contributed by atoms with Crippen molar-refractivity contribution in [1.29, 1.82) is 0 Å². The number of alkyl halides is 1. The first kappa shape index (κ1) is 13.6. The van der Waals surface area contributed by atoms with E-state index in [1.54, 1.807) is 0 Å². The molecule has 1 heteroatoms. The van der Waals surface area contributed by atoms with Gasteiger partial charge in [-0.05, 0) is 42.7 Å². The predicted molar refractivity (Wildman–Crippen MR) is 73.2 cm³/mol. The molecule has 0 radical (unpaired) electrons. The van der Waals surface area contributed by atoms with E-state index in [9.17, 15) is 0 Å². The van der Waals surface area contributed by atoms with Crippen molar-refractivity contribution in [1.82, 2.24) is 0 Å². The van der Waals surface area contributed by atoms with E-state index in [1.165, 1.54) is 17.5 Å². The second-order valence-electron chi connectivity index (χ2n) is 5.65. The van der Waals surface area contributed by atoms with Crippen LogP contribution in [0, 0.1) is 12.3 Å². The van der Waals surface area contributed by atoms with Gasteiger partial charge >= 0.3 is 0 Å². The fourth-order valence-electron chi connectivity index (χ4n) is 1.80. The second-order valence-corrected chi connectivity index (χ2v) is 6.18. The van der Waals surface area contributed by atoms with Gasteiger partial charge < -0.3 is 0 Å². The molecule has 0 spiro atoms. The minimum atomic E-state index is 0.216. The maximum atomic E-state index is 6.36. The lowest BCUT2D eigenvalue weighted by molar-refractivity contribution is 0.369. The summed E-state index contributed by atoms with van der Waals surface area (Å²) in [6.45, 7) is 8.80. The van der Waals surface area contributed by atoms with E-state index in [0.717, 1.165) is 12.8 Å². The topological polar surface area (TPSA) is 0 Å². The quantitative estimate of drug-likeness (QED) is 0.650. The van der Waals surface area contributed by atoms with Crippen LogP contribution in [0.15, 0.2) is 24.3 Å². The standard InChI is InChI=1S/C15H23Cl/c1-12-8-5-6-9-13(12)10-7-11-14(16)15(2,3)4/h5-6,8-9,14H,7,10-11H2,1-4H3. The number of hydrogen-bond donors (Lipinski definition) is 0. The Labute approximate surface area is 105 Å². The lowest BCUT2D eigenvalue weighted by Crippen LogP contribution is -2.20. The van der Waals surface area contributed by atoms with Crippen LogP contribution in [-0.4, -0.2) is 5.38 Å². The molecule has 1 rings (SSSR count). The van der Waals surface area contributed by atoms with Crippen LogP contribution in [0.25, 0.3) is 0 Å². The zero-order valence-corrected chi connectivity index (χ0v) is 11.6. The summed E-state index contributed by atoms with van der Waals surface area (Å²) in [6.07, 6.45) is 3.42. The Kier molecular flexibility index (Phi) is 4.86. The average molecular weight is 239 g/mol. The first-order chi connectivity index (χ1) is 7.41. The Morgan fingerprint density at radius 2 is 1.81 bits per heavy atom. The normalized spacial score (nSPS) is 13.8. The fourth-order valence-corrected chi connectivity index (χ4v) is 1.95. The Morgan fingerprint density at radius 3 is 2.38 bits per heavy atom. The van der Waals surface area contributed by atoms with E-state index in [4.69, 9.17) is 11.6 Å². The highest BCUT2D eigenvalue weighted by Gasteiger charge is 2.21. The first-order valence-electron chi connectivity index (χ1n) is 6.10. The molecule has 0 aliphatic rings. The van der Waals surface area contributed by atoms with E-state index < -0.39 is 0 Å². The molecule has 1 unspecified atom stereocenters. The largest absolute Gasteiger partial charge is 0.122 e. The van der Waals surface area contributed by atoms with Crippen LogP contribution in [0.2, 0.25) is 0 Å². The van der Waals surface area contributed by atoms with Crippen molar-refractivity contribution in [2.75, 3.05) is 0 Å². The van der Waals surface area contributed by atoms with Gasteiger partial charge in [0.15, 0.2) is 0 Å². The van der Waals surface area contributed by atoms with E-state index in [1.807, 2.05) is 0 Å². The number of rotatable bonds is 4. The summed E-state index contributed by atoms with van der Waals surface area (Å²) in [5.74, 6) is 0. The summed E-state index contributed by atoms with van der Waals surface area (Å²) < 4.78 is 0. The van der Waals surface area contributed by atoms with Crippen molar-refractivity contribution >= 4 is 11.6 Å². The van der Waals surface area contributed by atoms with Gasteiger partial charge in [-0.2, -0.15) is 0 Å². The van der Waals surface area contributed by atoms with Gasteiger partial charge in [-0.25, -0.2) is 0 Å². The molecule has 0 aromatic heterocycles. The Morgan fingerprint density at radius 1 is 1.19 bits per heavy atom. The van der Waals surface area contributed by atoms with E-state index in [2.05, 4.69) is 52.0 Å². The van der Waals surface area contributed by atoms with Crippen LogP contribution in [-0.2, 0) is 6.42 Å². The molecule has 90 valence electrons. The molecule has 16 heavy (non-hydrogen) atoms. The van der Waals surface area contributed by atoms with E-state index in [-0.39, 0.29) is 10.8 Å². The predicted octanol–water partition coefficient (Wildman–Crippen LogP) is 4.97. The smallest absolute Gasteiger partial charge is 0.0384 e. The van der Waals surface area contributed by atoms with Gasteiger partial charge in [-0.1, -0.05) is 45.0 Å². The van der Waals surface area contributed by atoms with E-state index >= 15 is 0 Å². The molecule has 0 N–H and O–H groups in total. The summed E-state index contributed by atoms with van der Waals surface area (Å²) in [6, 6.07) is 8.61. The molecule has 1 aromatic rings. The molecular weight excluding hydrogens is 216 g/mol. The van der Waals surface area contributed by atoms with Crippen molar-refractivity contribution in [3.8, 4) is 0 Å².